The zero-order valence-electron chi connectivity index (χ0n) is 11.3. The molecule has 0 aliphatic carbocycles. The maximum Gasteiger partial charge on any atom is 0.0950 e. The highest BCUT2D eigenvalue weighted by molar-refractivity contribution is 6.35. The summed E-state index contributed by atoms with van der Waals surface area (Å²) in [5.41, 5.74) is 2.12. The molecule has 1 aliphatic heterocycles. The Morgan fingerprint density at radius 3 is 2.70 bits per heavy atom. The Morgan fingerprint density at radius 2 is 1.95 bits per heavy atom. The van der Waals surface area contributed by atoms with E-state index in [-0.39, 0.29) is 6.61 Å². The molecule has 106 valence electrons. The molecule has 2 aromatic rings. The van der Waals surface area contributed by atoms with Crippen molar-refractivity contribution >= 4 is 28.2 Å². The van der Waals surface area contributed by atoms with Crippen LogP contribution in [0.15, 0.2) is 30.5 Å². The number of hydrogen-bond donors (Lipinski definition) is 1. The molecule has 0 spiro atoms. The number of pyridine rings is 1. The third-order valence-corrected chi connectivity index (χ3v) is 4.15. The molecule has 2 heterocycles. The molecule has 1 fully saturated rings. The van der Waals surface area contributed by atoms with Crippen LogP contribution >= 0.6 is 11.6 Å². The number of β-amino-alcohol motifs (C(OH)–C–C–N with tert-alkyl or cyclic N) is 1. The van der Waals surface area contributed by atoms with Crippen molar-refractivity contribution < 1.29 is 5.11 Å². The Morgan fingerprint density at radius 1 is 1.15 bits per heavy atom. The summed E-state index contributed by atoms with van der Waals surface area (Å²) in [5, 5.41) is 10.7. The fourth-order valence-electron chi connectivity index (χ4n) is 2.73. The molecular weight excluding hydrogens is 274 g/mol. The van der Waals surface area contributed by atoms with Gasteiger partial charge >= 0.3 is 0 Å². The van der Waals surface area contributed by atoms with E-state index in [9.17, 15) is 0 Å². The van der Waals surface area contributed by atoms with Crippen molar-refractivity contribution in [2.45, 2.75) is 0 Å². The summed E-state index contributed by atoms with van der Waals surface area (Å²) >= 11 is 6.24. The Hall–Kier alpha value is -1.36. The van der Waals surface area contributed by atoms with E-state index in [1.54, 1.807) is 0 Å². The number of anilines is 1. The molecule has 0 saturated carbocycles. The van der Waals surface area contributed by atoms with Crippen LogP contribution in [0.2, 0.25) is 5.02 Å². The molecule has 0 amide bonds. The summed E-state index contributed by atoms with van der Waals surface area (Å²) in [6.07, 6.45) is 1.81. The predicted octanol–water partition coefficient (Wildman–Crippen LogP) is 2.00. The molecule has 5 heteroatoms. The number of benzene rings is 1. The van der Waals surface area contributed by atoms with Crippen molar-refractivity contribution in [2.24, 2.45) is 0 Å². The number of aromatic nitrogens is 1. The average molecular weight is 292 g/mol. The molecule has 1 aromatic heterocycles. The molecule has 1 saturated heterocycles. The normalized spacial score (nSPS) is 16.8. The Balaban J connectivity index is 1.87. The van der Waals surface area contributed by atoms with Crippen LogP contribution in [0.4, 0.5) is 5.69 Å². The molecular formula is C15H18ClN3O. The standard InChI is InChI=1S/C15H18ClN3O/c16-13-3-4-14(15-12(13)2-1-5-17-15)19-8-6-18(7-9-19)10-11-20/h1-5,20H,6-11H2. The van der Waals surface area contributed by atoms with Crippen molar-refractivity contribution in [3.63, 3.8) is 0 Å². The molecule has 0 radical (unpaired) electrons. The van der Waals surface area contributed by atoms with Crippen molar-refractivity contribution in [3.8, 4) is 0 Å². The van der Waals surface area contributed by atoms with Gasteiger partial charge in [0.05, 0.1) is 22.8 Å². The van der Waals surface area contributed by atoms with E-state index in [1.165, 1.54) is 0 Å². The summed E-state index contributed by atoms with van der Waals surface area (Å²) < 4.78 is 0. The van der Waals surface area contributed by atoms with Crippen LogP contribution in [-0.2, 0) is 0 Å². The third-order valence-electron chi connectivity index (χ3n) is 3.82. The van der Waals surface area contributed by atoms with Crippen LogP contribution in [0.5, 0.6) is 0 Å². The van der Waals surface area contributed by atoms with Crippen molar-refractivity contribution in [2.75, 3.05) is 44.2 Å². The van der Waals surface area contributed by atoms with Crippen molar-refractivity contribution in [3.05, 3.63) is 35.5 Å². The van der Waals surface area contributed by atoms with Gasteiger partial charge in [-0.2, -0.15) is 0 Å². The van der Waals surface area contributed by atoms with Gasteiger partial charge in [0, 0.05) is 44.3 Å². The van der Waals surface area contributed by atoms with Crippen LogP contribution in [-0.4, -0.2) is 54.3 Å². The minimum Gasteiger partial charge on any atom is -0.395 e. The number of piperazine rings is 1. The minimum atomic E-state index is 0.228. The summed E-state index contributed by atoms with van der Waals surface area (Å²) in [4.78, 5) is 9.12. The minimum absolute atomic E-state index is 0.228. The fourth-order valence-corrected chi connectivity index (χ4v) is 2.95. The number of halogens is 1. The lowest BCUT2D eigenvalue weighted by Crippen LogP contribution is -2.47. The second-order valence-corrected chi connectivity index (χ2v) is 5.43. The number of hydrogen-bond acceptors (Lipinski definition) is 4. The maximum atomic E-state index is 8.99. The van der Waals surface area contributed by atoms with Gasteiger partial charge in [-0.15, -0.1) is 0 Å². The zero-order chi connectivity index (χ0) is 13.9. The van der Waals surface area contributed by atoms with Crippen LogP contribution in [0, 0.1) is 0 Å². The highest BCUT2D eigenvalue weighted by Crippen LogP contribution is 2.30. The SMILES string of the molecule is OCCN1CCN(c2ccc(Cl)c3cccnc23)CC1. The van der Waals surface area contributed by atoms with E-state index >= 15 is 0 Å². The average Bonchev–Trinajstić information content (AvgIpc) is 2.49. The van der Waals surface area contributed by atoms with E-state index in [2.05, 4.69) is 20.9 Å². The Kier molecular flexibility index (Phi) is 4.05. The quantitative estimate of drug-likeness (QED) is 0.939. The first-order valence-corrected chi connectivity index (χ1v) is 7.29. The largest absolute Gasteiger partial charge is 0.395 e. The summed E-state index contributed by atoms with van der Waals surface area (Å²) in [7, 11) is 0. The highest BCUT2D eigenvalue weighted by atomic mass is 35.5. The lowest BCUT2D eigenvalue weighted by Gasteiger charge is -2.36. The molecule has 0 atom stereocenters. The highest BCUT2D eigenvalue weighted by Gasteiger charge is 2.19. The van der Waals surface area contributed by atoms with Crippen LogP contribution < -0.4 is 4.90 Å². The van der Waals surface area contributed by atoms with Gasteiger partial charge in [0.15, 0.2) is 0 Å². The molecule has 20 heavy (non-hydrogen) atoms. The van der Waals surface area contributed by atoms with Crippen LogP contribution in [0.25, 0.3) is 10.9 Å². The Labute approximate surface area is 123 Å². The first kappa shape index (κ1) is 13.6. The monoisotopic (exact) mass is 291 g/mol. The van der Waals surface area contributed by atoms with Gasteiger partial charge in [0.25, 0.3) is 0 Å². The topological polar surface area (TPSA) is 39.6 Å². The molecule has 4 nitrogen and oxygen atoms in total. The number of fused-ring (bicyclic) bond motifs is 1. The van der Waals surface area contributed by atoms with E-state index < -0.39 is 0 Å². The Bertz CT molecular complexity index is 597. The number of nitrogens with zero attached hydrogens (tertiary/aromatic N) is 3. The molecule has 1 aromatic carbocycles. The molecule has 1 N–H and O–H groups in total. The van der Waals surface area contributed by atoms with Gasteiger partial charge in [-0.1, -0.05) is 11.6 Å². The molecule has 1 aliphatic rings. The van der Waals surface area contributed by atoms with Crippen molar-refractivity contribution in [1.82, 2.24) is 9.88 Å². The van der Waals surface area contributed by atoms with Gasteiger partial charge in [-0.05, 0) is 24.3 Å². The van der Waals surface area contributed by atoms with Gasteiger partial charge in [-0.3, -0.25) is 9.88 Å². The van der Waals surface area contributed by atoms with Gasteiger partial charge in [0.2, 0.25) is 0 Å². The smallest absolute Gasteiger partial charge is 0.0950 e. The second kappa shape index (κ2) is 5.95. The molecule has 3 rings (SSSR count). The van der Waals surface area contributed by atoms with E-state index in [1.807, 2.05) is 24.4 Å². The number of aliphatic hydroxyl groups is 1. The third kappa shape index (κ3) is 2.59. The first-order chi connectivity index (χ1) is 9.79. The van der Waals surface area contributed by atoms with Crippen molar-refractivity contribution in [1.29, 1.82) is 0 Å². The zero-order valence-corrected chi connectivity index (χ0v) is 12.1. The van der Waals surface area contributed by atoms with Gasteiger partial charge in [0.1, 0.15) is 0 Å². The maximum absolute atomic E-state index is 8.99. The fraction of sp³-hybridized carbons (Fsp3) is 0.400. The molecule has 0 unspecified atom stereocenters. The van der Waals surface area contributed by atoms with Gasteiger partial charge < -0.3 is 10.0 Å². The number of aliphatic hydroxyl groups excluding tert-OH is 1. The van der Waals surface area contributed by atoms with E-state index in [4.69, 9.17) is 16.7 Å². The van der Waals surface area contributed by atoms with Crippen LogP contribution in [0.1, 0.15) is 0 Å². The van der Waals surface area contributed by atoms with Crippen LogP contribution in [0.3, 0.4) is 0 Å². The summed E-state index contributed by atoms with van der Waals surface area (Å²) in [6, 6.07) is 7.92. The lowest BCUT2D eigenvalue weighted by molar-refractivity contribution is 0.189. The summed E-state index contributed by atoms with van der Waals surface area (Å²) in [5.74, 6) is 0. The molecule has 0 bridgehead atoms. The lowest BCUT2D eigenvalue weighted by atomic mass is 10.1. The van der Waals surface area contributed by atoms with E-state index in [0.717, 1.165) is 54.3 Å². The number of rotatable bonds is 3. The van der Waals surface area contributed by atoms with E-state index in [0.29, 0.717) is 0 Å². The second-order valence-electron chi connectivity index (χ2n) is 5.02. The van der Waals surface area contributed by atoms with Gasteiger partial charge in [-0.25, -0.2) is 0 Å². The predicted molar refractivity (Wildman–Crippen MR) is 82.5 cm³/mol. The first-order valence-electron chi connectivity index (χ1n) is 6.91. The summed E-state index contributed by atoms with van der Waals surface area (Å²) in [6.45, 7) is 4.83.